The van der Waals surface area contributed by atoms with Crippen LogP contribution in [0, 0.1) is 17.0 Å². The Kier molecular flexibility index (Phi) is 3.79. The van der Waals surface area contributed by atoms with E-state index in [0.717, 1.165) is 11.1 Å². The molecular formula is C13H14N4O3. The van der Waals surface area contributed by atoms with Crippen molar-refractivity contribution in [2.75, 3.05) is 12.4 Å². The zero-order chi connectivity index (χ0) is 14.7. The van der Waals surface area contributed by atoms with Crippen LogP contribution in [0.3, 0.4) is 0 Å². The number of nitro groups is 1. The molecule has 0 spiro atoms. The summed E-state index contributed by atoms with van der Waals surface area (Å²) in [6, 6.07) is 4.72. The third kappa shape index (κ3) is 2.82. The lowest BCUT2D eigenvalue weighted by molar-refractivity contribution is -0.383. The Hall–Kier alpha value is -2.70. The fraction of sp³-hybridized carbons (Fsp3) is 0.231. The number of aryl methyl sites for hydroxylation is 1. The molecule has 0 aliphatic rings. The summed E-state index contributed by atoms with van der Waals surface area (Å²) in [5.41, 5.74) is 1.74. The quantitative estimate of drug-likeness (QED) is 0.674. The number of anilines is 1. The van der Waals surface area contributed by atoms with Gasteiger partial charge in [-0.05, 0) is 24.1 Å². The monoisotopic (exact) mass is 274 g/mol. The summed E-state index contributed by atoms with van der Waals surface area (Å²) >= 11 is 0. The fourth-order valence-electron chi connectivity index (χ4n) is 1.92. The van der Waals surface area contributed by atoms with Gasteiger partial charge >= 0.3 is 5.69 Å². The normalized spacial score (nSPS) is 10.3. The average molecular weight is 274 g/mol. The Morgan fingerprint density at radius 1 is 1.45 bits per heavy atom. The smallest absolute Gasteiger partial charge is 0.347 e. The number of nitrogens with one attached hydrogen (secondary N) is 1. The minimum atomic E-state index is -0.448. The molecule has 0 fully saturated rings. The van der Waals surface area contributed by atoms with Crippen LogP contribution in [-0.2, 0) is 6.54 Å². The van der Waals surface area contributed by atoms with Crippen LogP contribution in [-0.4, -0.2) is 21.5 Å². The van der Waals surface area contributed by atoms with Gasteiger partial charge in [0.15, 0.2) is 0 Å². The molecule has 20 heavy (non-hydrogen) atoms. The number of nitrogens with zero attached hydrogens (tertiary/aromatic N) is 3. The molecule has 0 radical (unpaired) electrons. The molecular weight excluding hydrogens is 260 g/mol. The number of hydrogen-bond donors (Lipinski definition) is 1. The van der Waals surface area contributed by atoms with Crippen molar-refractivity contribution in [3.63, 3.8) is 0 Å². The number of benzene rings is 1. The third-order valence-corrected chi connectivity index (χ3v) is 2.86. The second-order valence-electron chi connectivity index (χ2n) is 4.40. The van der Waals surface area contributed by atoms with Crippen molar-refractivity contribution < 1.29 is 4.92 Å². The highest BCUT2D eigenvalue weighted by atomic mass is 16.6. The molecule has 2 rings (SSSR count). The molecule has 1 aromatic carbocycles. The Morgan fingerprint density at radius 3 is 2.85 bits per heavy atom. The largest absolute Gasteiger partial charge is 0.383 e. The van der Waals surface area contributed by atoms with Crippen LogP contribution in [0.25, 0.3) is 0 Å². The molecule has 0 bridgehead atoms. The van der Waals surface area contributed by atoms with Crippen LogP contribution in [0.4, 0.5) is 11.4 Å². The molecule has 0 amide bonds. The average Bonchev–Trinajstić information content (AvgIpc) is 2.42. The first-order valence-electron chi connectivity index (χ1n) is 5.99. The second kappa shape index (κ2) is 5.52. The number of nitro benzene ring substituents is 1. The van der Waals surface area contributed by atoms with Crippen molar-refractivity contribution in [3.8, 4) is 0 Å². The van der Waals surface area contributed by atoms with Crippen LogP contribution in [0.1, 0.15) is 11.1 Å². The van der Waals surface area contributed by atoms with Crippen LogP contribution in [0.5, 0.6) is 0 Å². The summed E-state index contributed by atoms with van der Waals surface area (Å²) in [6.45, 7) is 2.16. The van der Waals surface area contributed by atoms with Crippen molar-refractivity contribution in [3.05, 3.63) is 62.3 Å². The SMILES string of the molecule is CNc1cc(Cn2cc(C)cnc2=O)ccc1[N+](=O)[O-]. The minimum absolute atomic E-state index is 0.00552. The number of aromatic nitrogens is 2. The summed E-state index contributed by atoms with van der Waals surface area (Å²) in [6.07, 6.45) is 3.21. The zero-order valence-electron chi connectivity index (χ0n) is 11.2. The third-order valence-electron chi connectivity index (χ3n) is 2.86. The van der Waals surface area contributed by atoms with E-state index in [2.05, 4.69) is 10.3 Å². The molecule has 1 N–H and O–H groups in total. The highest BCUT2D eigenvalue weighted by molar-refractivity contribution is 5.62. The van der Waals surface area contributed by atoms with Crippen LogP contribution < -0.4 is 11.0 Å². The van der Waals surface area contributed by atoms with Crippen molar-refractivity contribution in [2.45, 2.75) is 13.5 Å². The molecule has 0 aliphatic heterocycles. The molecule has 1 aromatic heterocycles. The highest BCUT2D eigenvalue weighted by Gasteiger charge is 2.13. The number of hydrogen-bond acceptors (Lipinski definition) is 5. The Bertz CT molecular complexity index is 709. The molecule has 7 heteroatoms. The first-order chi connectivity index (χ1) is 9.51. The molecule has 0 unspecified atom stereocenters. The predicted octanol–water partition coefficient (Wildman–Crippen LogP) is 1.55. The molecule has 0 aliphatic carbocycles. The Morgan fingerprint density at radius 2 is 2.20 bits per heavy atom. The van der Waals surface area contributed by atoms with Crippen LogP contribution in [0.2, 0.25) is 0 Å². The summed E-state index contributed by atoms with van der Waals surface area (Å²) in [5, 5.41) is 13.6. The van der Waals surface area contributed by atoms with E-state index in [9.17, 15) is 14.9 Å². The van der Waals surface area contributed by atoms with Crippen molar-refractivity contribution in [1.29, 1.82) is 0 Å². The van der Waals surface area contributed by atoms with Gasteiger partial charge in [0.1, 0.15) is 5.69 Å². The van der Waals surface area contributed by atoms with Gasteiger partial charge in [-0.15, -0.1) is 0 Å². The van der Waals surface area contributed by atoms with Crippen molar-refractivity contribution >= 4 is 11.4 Å². The van der Waals surface area contributed by atoms with Gasteiger partial charge in [0.25, 0.3) is 5.69 Å². The van der Waals surface area contributed by atoms with E-state index in [-0.39, 0.29) is 11.4 Å². The topological polar surface area (TPSA) is 90.1 Å². The van der Waals surface area contributed by atoms with Crippen molar-refractivity contribution in [2.24, 2.45) is 0 Å². The van der Waals surface area contributed by atoms with Gasteiger partial charge in [-0.3, -0.25) is 14.7 Å². The lowest BCUT2D eigenvalue weighted by atomic mass is 10.1. The molecule has 0 saturated heterocycles. The van der Waals surface area contributed by atoms with Crippen LogP contribution >= 0.6 is 0 Å². The maximum atomic E-state index is 11.6. The van der Waals surface area contributed by atoms with E-state index in [1.807, 2.05) is 6.92 Å². The summed E-state index contributed by atoms with van der Waals surface area (Å²) in [5.74, 6) is 0. The fourth-order valence-corrected chi connectivity index (χ4v) is 1.92. The molecule has 1 heterocycles. The minimum Gasteiger partial charge on any atom is -0.383 e. The highest BCUT2D eigenvalue weighted by Crippen LogP contribution is 2.25. The number of rotatable bonds is 4. The summed E-state index contributed by atoms with van der Waals surface area (Å²) < 4.78 is 1.47. The van der Waals surface area contributed by atoms with E-state index < -0.39 is 4.92 Å². The first-order valence-corrected chi connectivity index (χ1v) is 5.99. The second-order valence-corrected chi connectivity index (χ2v) is 4.40. The van der Waals surface area contributed by atoms with Gasteiger partial charge in [0, 0.05) is 25.5 Å². The standard InChI is InChI=1S/C13H14N4O3/c1-9-6-15-13(18)16(7-9)8-10-3-4-12(17(19)20)11(5-10)14-2/h3-7,14H,8H2,1-2H3. The van der Waals surface area contributed by atoms with Gasteiger partial charge in [0.2, 0.25) is 0 Å². The molecule has 104 valence electrons. The van der Waals surface area contributed by atoms with E-state index in [1.165, 1.54) is 16.8 Å². The maximum absolute atomic E-state index is 11.6. The van der Waals surface area contributed by atoms with Gasteiger partial charge in [-0.1, -0.05) is 6.07 Å². The molecule has 7 nitrogen and oxygen atoms in total. The van der Waals surface area contributed by atoms with E-state index in [0.29, 0.717) is 12.2 Å². The first kappa shape index (κ1) is 13.7. The maximum Gasteiger partial charge on any atom is 0.347 e. The molecule has 0 saturated carbocycles. The summed E-state index contributed by atoms with van der Waals surface area (Å²) in [4.78, 5) is 25.8. The Balaban J connectivity index is 2.37. The molecule has 0 atom stereocenters. The van der Waals surface area contributed by atoms with Gasteiger partial charge in [0.05, 0.1) is 11.5 Å². The molecule has 2 aromatic rings. The van der Waals surface area contributed by atoms with Crippen molar-refractivity contribution in [1.82, 2.24) is 9.55 Å². The Labute approximate surface area is 115 Å². The predicted molar refractivity (Wildman–Crippen MR) is 75.0 cm³/mol. The van der Waals surface area contributed by atoms with E-state index in [4.69, 9.17) is 0 Å². The van der Waals surface area contributed by atoms with Gasteiger partial charge in [-0.25, -0.2) is 9.78 Å². The van der Waals surface area contributed by atoms with E-state index >= 15 is 0 Å². The summed E-state index contributed by atoms with van der Waals surface area (Å²) in [7, 11) is 1.62. The van der Waals surface area contributed by atoms with Gasteiger partial charge in [-0.2, -0.15) is 0 Å². The zero-order valence-corrected chi connectivity index (χ0v) is 11.2. The van der Waals surface area contributed by atoms with Crippen LogP contribution in [0.15, 0.2) is 35.4 Å². The lowest BCUT2D eigenvalue weighted by Gasteiger charge is -2.08. The lowest BCUT2D eigenvalue weighted by Crippen LogP contribution is -2.22. The van der Waals surface area contributed by atoms with Gasteiger partial charge < -0.3 is 5.32 Å². The van der Waals surface area contributed by atoms with E-state index in [1.54, 1.807) is 25.4 Å².